The first-order valence-electron chi connectivity index (χ1n) is 5.96. The molecule has 0 saturated carbocycles. The third kappa shape index (κ3) is 4.64. The molecule has 1 amide bonds. The predicted molar refractivity (Wildman–Crippen MR) is 93.6 cm³/mol. The Bertz CT molecular complexity index is 662. The number of nitrogens with zero attached hydrogens (tertiary/aromatic N) is 1. The number of nitrogens with one attached hydrogen (secondary N) is 2. The van der Waals surface area contributed by atoms with E-state index in [-0.39, 0.29) is 11.0 Å². The van der Waals surface area contributed by atoms with Crippen molar-refractivity contribution < 1.29 is 9.53 Å². The minimum atomic E-state index is -0.308. The van der Waals surface area contributed by atoms with Gasteiger partial charge < -0.3 is 10.1 Å². The van der Waals surface area contributed by atoms with Crippen LogP contribution < -0.4 is 15.4 Å². The maximum atomic E-state index is 12.1. The SMILES string of the molecule is COc1cccc(C(=O)NC(=S)Nc2ccc(I)cn2)c1. The number of ether oxygens (including phenoxy) is 1. The molecule has 1 aromatic carbocycles. The zero-order valence-corrected chi connectivity index (χ0v) is 14.1. The third-order valence-corrected chi connectivity index (χ3v) is 3.37. The van der Waals surface area contributed by atoms with Crippen LogP contribution in [-0.2, 0) is 0 Å². The van der Waals surface area contributed by atoms with Crippen LogP contribution in [0, 0.1) is 3.57 Å². The lowest BCUT2D eigenvalue weighted by Gasteiger charge is -2.09. The number of hydrogen-bond acceptors (Lipinski definition) is 4. The number of rotatable bonds is 3. The van der Waals surface area contributed by atoms with E-state index in [2.05, 4.69) is 38.2 Å². The molecule has 5 nitrogen and oxygen atoms in total. The Labute approximate surface area is 141 Å². The summed E-state index contributed by atoms with van der Waals surface area (Å²) in [5.41, 5.74) is 0.467. The van der Waals surface area contributed by atoms with Crippen LogP contribution in [0.25, 0.3) is 0 Å². The van der Waals surface area contributed by atoms with E-state index in [1.54, 1.807) is 43.6 Å². The molecule has 0 atom stereocenters. The predicted octanol–water partition coefficient (Wildman–Crippen LogP) is 2.82. The van der Waals surface area contributed by atoms with Gasteiger partial charge in [-0.1, -0.05) is 6.07 Å². The van der Waals surface area contributed by atoms with Crippen molar-refractivity contribution >= 4 is 51.6 Å². The molecular weight excluding hydrogens is 401 g/mol. The van der Waals surface area contributed by atoms with E-state index in [9.17, 15) is 4.79 Å². The molecule has 0 aliphatic carbocycles. The highest BCUT2D eigenvalue weighted by Gasteiger charge is 2.09. The summed E-state index contributed by atoms with van der Waals surface area (Å²) in [5, 5.41) is 5.64. The number of aromatic nitrogens is 1. The van der Waals surface area contributed by atoms with E-state index in [1.165, 1.54) is 0 Å². The van der Waals surface area contributed by atoms with E-state index in [1.807, 2.05) is 6.07 Å². The normalized spacial score (nSPS) is 9.81. The van der Waals surface area contributed by atoms with Crippen LogP contribution in [0.3, 0.4) is 0 Å². The molecular formula is C14H12IN3O2S. The molecule has 108 valence electrons. The van der Waals surface area contributed by atoms with Crippen LogP contribution in [0.2, 0.25) is 0 Å². The van der Waals surface area contributed by atoms with Crippen LogP contribution >= 0.6 is 34.8 Å². The van der Waals surface area contributed by atoms with Crippen molar-refractivity contribution in [2.75, 3.05) is 12.4 Å². The molecule has 2 rings (SSSR count). The second-order valence-electron chi connectivity index (χ2n) is 4.00. The van der Waals surface area contributed by atoms with Crippen molar-refractivity contribution in [3.63, 3.8) is 0 Å². The van der Waals surface area contributed by atoms with Gasteiger partial charge in [-0.2, -0.15) is 0 Å². The number of methoxy groups -OCH3 is 1. The van der Waals surface area contributed by atoms with Crippen molar-refractivity contribution in [3.8, 4) is 5.75 Å². The quantitative estimate of drug-likeness (QED) is 0.599. The standard InChI is InChI=1S/C14H12IN3O2S/c1-20-11-4-2-3-9(7-11)13(19)18-14(21)17-12-6-5-10(15)8-16-12/h2-8H,1H3,(H2,16,17,18,19,21). The summed E-state index contributed by atoms with van der Waals surface area (Å²) in [5.74, 6) is 0.879. The highest BCUT2D eigenvalue weighted by Crippen LogP contribution is 2.12. The molecule has 1 aromatic heterocycles. The Morgan fingerprint density at radius 2 is 2.14 bits per heavy atom. The van der Waals surface area contributed by atoms with Gasteiger partial charge in [0.15, 0.2) is 5.11 Å². The van der Waals surface area contributed by atoms with Gasteiger partial charge in [-0.15, -0.1) is 0 Å². The van der Waals surface area contributed by atoms with Crippen molar-refractivity contribution in [2.45, 2.75) is 0 Å². The highest BCUT2D eigenvalue weighted by molar-refractivity contribution is 14.1. The molecule has 0 unspecified atom stereocenters. The van der Waals surface area contributed by atoms with E-state index in [0.717, 1.165) is 3.57 Å². The third-order valence-electron chi connectivity index (χ3n) is 2.53. The van der Waals surface area contributed by atoms with Crippen molar-refractivity contribution in [3.05, 3.63) is 51.7 Å². The monoisotopic (exact) mass is 413 g/mol. The van der Waals surface area contributed by atoms with Crippen LogP contribution in [0.5, 0.6) is 5.75 Å². The Morgan fingerprint density at radius 3 is 2.81 bits per heavy atom. The number of anilines is 1. The second-order valence-corrected chi connectivity index (χ2v) is 5.66. The fourth-order valence-corrected chi connectivity index (χ4v) is 2.05. The summed E-state index contributed by atoms with van der Waals surface area (Å²) in [4.78, 5) is 16.2. The Balaban J connectivity index is 1.98. The van der Waals surface area contributed by atoms with Crippen LogP contribution in [0.15, 0.2) is 42.6 Å². The number of thiocarbonyl (C=S) groups is 1. The van der Waals surface area contributed by atoms with Gasteiger partial charge in [0.25, 0.3) is 5.91 Å². The Morgan fingerprint density at radius 1 is 1.33 bits per heavy atom. The summed E-state index contributed by atoms with van der Waals surface area (Å²) in [6, 6.07) is 10.5. The molecule has 0 saturated heterocycles. The van der Waals surface area contributed by atoms with E-state index >= 15 is 0 Å². The molecule has 0 aliphatic rings. The fourth-order valence-electron chi connectivity index (χ4n) is 1.54. The van der Waals surface area contributed by atoms with Gasteiger partial charge in [-0.3, -0.25) is 10.1 Å². The van der Waals surface area contributed by atoms with E-state index < -0.39 is 0 Å². The first kappa shape index (κ1) is 15.6. The highest BCUT2D eigenvalue weighted by atomic mass is 127. The second kappa shape index (κ2) is 7.32. The van der Waals surface area contributed by atoms with Gasteiger partial charge in [-0.05, 0) is 65.1 Å². The first-order valence-corrected chi connectivity index (χ1v) is 7.45. The van der Waals surface area contributed by atoms with E-state index in [0.29, 0.717) is 17.1 Å². The number of halogens is 1. The van der Waals surface area contributed by atoms with Crippen molar-refractivity contribution in [1.82, 2.24) is 10.3 Å². The lowest BCUT2D eigenvalue weighted by atomic mass is 10.2. The minimum absolute atomic E-state index is 0.191. The molecule has 2 N–H and O–H groups in total. The molecule has 0 spiro atoms. The molecule has 0 bridgehead atoms. The number of carbonyl (C=O) groups is 1. The number of benzene rings is 1. The lowest BCUT2D eigenvalue weighted by molar-refractivity contribution is 0.0977. The van der Waals surface area contributed by atoms with Crippen molar-refractivity contribution in [1.29, 1.82) is 0 Å². The number of hydrogen-bond donors (Lipinski definition) is 2. The number of carbonyl (C=O) groups excluding carboxylic acids is 1. The van der Waals surface area contributed by atoms with Crippen LogP contribution in [-0.4, -0.2) is 23.1 Å². The van der Waals surface area contributed by atoms with Gasteiger partial charge in [-0.25, -0.2) is 4.98 Å². The molecule has 21 heavy (non-hydrogen) atoms. The maximum absolute atomic E-state index is 12.1. The summed E-state index contributed by atoms with van der Waals surface area (Å²) in [7, 11) is 1.55. The smallest absolute Gasteiger partial charge is 0.257 e. The van der Waals surface area contributed by atoms with Gasteiger partial charge in [0.05, 0.1) is 7.11 Å². The average molecular weight is 413 g/mol. The largest absolute Gasteiger partial charge is 0.497 e. The number of amides is 1. The maximum Gasteiger partial charge on any atom is 0.257 e. The molecule has 2 aromatic rings. The molecule has 1 heterocycles. The number of pyridine rings is 1. The fraction of sp³-hybridized carbons (Fsp3) is 0.0714. The van der Waals surface area contributed by atoms with Gasteiger partial charge >= 0.3 is 0 Å². The Kier molecular flexibility index (Phi) is 5.45. The topological polar surface area (TPSA) is 63.2 Å². The van der Waals surface area contributed by atoms with E-state index in [4.69, 9.17) is 17.0 Å². The zero-order valence-electron chi connectivity index (χ0n) is 11.1. The molecule has 0 aliphatic heterocycles. The molecule has 0 radical (unpaired) electrons. The van der Waals surface area contributed by atoms with Crippen molar-refractivity contribution in [2.24, 2.45) is 0 Å². The lowest BCUT2D eigenvalue weighted by Crippen LogP contribution is -2.34. The minimum Gasteiger partial charge on any atom is -0.497 e. The molecule has 7 heteroatoms. The summed E-state index contributed by atoms with van der Waals surface area (Å²) < 4.78 is 6.10. The molecule has 0 fully saturated rings. The van der Waals surface area contributed by atoms with Gasteiger partial charge in [0, 0.05) is 15.3 Å². The summed E-state index contributed by atoms with van der Waals surface area (Å²) in [6.45, 7) is 0. The Hall–Kier alpha value is -1.74. The average Bonchev–Trinajstić information content (AvgIpc) is 2.49. The summed E-state index contributed by atoms with van der Waals surface area (Å²) in [6.07, 6.45) is 1.70. The first-order chi connectivity index (χ1) is 10.1. The van der Waals surface area contributed by atoms with Gasteiger partial charge in [0.1, 0.15) is 11.6 Å². The van der Waals surface area contributed by atoms with Gasteiger partial charge in [0.2, 0.25) is 0 Å². The van der Waals surface area contributed by atoms with Crippen LogP contribution in [0.4, 0.5) is 5.82 Å². The zero-order chi connectivity index (χ0) is 15.2. The van der Waals surface area contributed by atoms with Crippen LogP contribution in [0.1, 0.15) is 10.4 Å². The summed E-state index contributed by atoms with van der Waals surface area (Å²) >= 11 is 7.25.